The molecular weight excluding hydrogens is 396 g/mol. The van der Waals surface area contributed by atoms with Gasteiger partial charge in [-0.15, -0.1) is 0 Å². The van der Waals surface area contributed by atoms with E-state index < -0.39 is 11.0 Å². The van der Waals surface area contributed by atoms with Gasteiger partial charge in [0.05, 0.1) is 18.1 Å². The van der Waals surface area contributed by atoms with Crippen LogP contribution in [0.2, 0.25) is 0 Å². The molecule has 0 amide bonds. The Morgan fingerprint density at radius 2 is 1.94 bits per heavy atom. The van der Waals surface area contributed by atoms with Crippen molar-refractivity contribution in [2.24, 2.45) is 5.92 Å². The molecule has 0 saturated carbocycles. The summed E-state index contributed by atoms with van der Waals surface area (Å²) in [7, 11) is 1.49. The first-order chi connectivity index (χ1) is 14.9. The fourth-order valence-electron chi connectivity index (χ4n) is 4.91. The van der Waals surface area contributed by atoms with E-state index in [-0.39, 0.29) is 24.1 Å². The number of hydrogen-bond acceptors (Lipinski definition) is 6. The lowest BCUT2D eigenvalue weighted by molar-refractivity contribution is -0.386. The van der Waals surface area contributed by atoms with E-state index in [9.17, 15) is 15.2 Å². The number of piperidine rings is 3. The van der Waals surface area contributed by atoms with E-state index in [1.54, 1.807) is 6.07 Å². The zero-order valence-corrected chi connectivity index (χ0v) is 18.3. The minimum absolute atomic E-state index is 0.0153. The first-order valence-corrected chi connectivity index (χ1v) is 10.8. The highest BCUT2D eigenvalue weighted by Crippen LogP contribution is 2.41. The van der Waals surface area contributed by atoms with E-state index in [4.69, 9.17) is 9.47 Å². The highest BCUT2D eigenvalue weighted by molar-refractivity contribution is 5.58. The van der Waals surface area contributed by atoms with E-state index >= 15 is 0 Å². The molecule has 3 saturated heterocycles. The summed E-state index contributed by atoms with van der Waals surface area (Å²) in [6, 6.07) is 9.42. The van der Waals surface area contributed by atoms with Crippen LogP contribution in [0, 0.1) is 29.9 Å². The van der Waals surface area contributed by atoms with Gasteiger partial charge in [-0.3, -0.25) is 15.0 Å². The van der Waals surface area contributed by atoms with Crippen molar-refractivity contribution in [2.45, 2.75) is 51.9 Å². The van der Waals surface area contributed by atoms with Gasteiger partial charge in [0.15, 0.2) is 5.75 Å². The normalized spacial score (nSPS) is 24.8. The Morgan fingerprint density at radius 3 is 2.58 bits per heavy atom. The maximum Gasteiger partial charge on any atom is 0.315 e. The molecule has 3 fully saturated rings. The van der Waals surface area contributed by atoms with Gasteiger partial charge in [-0.2, -0.15) is 0 Å². The van der Waals surface area contributed by atoms with Crippen molar-refractivity contribution >= 4 is 5.69 Å². The molecule has 166 valence electrons. The summed E-state index contributed by atoms with van der Waals surface area (Å²) in [6.45, 7) is 6.17. The molecule has 7 nitrogen and oxygen atoms in total. The Hall–Kier alpha value is -2.64. The maximum atomic E-state index is 11.9. The number of aryl methyl sites for hydroxylation is 2. The molecule has 2 aromatic carbocycles. The summed E-state index contributed by atoms with van der Waals surface area (Å²) in [6.07, 6.45) is 2.19. The van der Waals surface area contributed by atoms with E-state index in [1.807, 2.05) is 38.1 Å². The Balaban J connectivity index is 1.60. The summed E-state index contributed by atoms with van der Waals surface area (Å²) < 4.78 is 11.4. The van der Waals surface area contributed by atoms with E-state index in [1.165, 1.54) is 7.11 Å². The molecule has 2 bridgehead atoms. The van der Waals surface area contributed by atoms with Gasteiger partial charge in [0.1, 0.15) is 6.61 Å². The van der Waals surface area contributed by atoms with Gasteiger partial charge in [0, 0.05) is 12.1 Å². The Labute approximate surface area is 182 Å². The number of nitro benzene ring substituents is 1. The number of hydrogen-bond donors (Lipinski definition) is 1. The molecule has 7 heteroatoms. The monoisotopic (exact) mass is 426 g/mol. The van der Waals surface area contributed by atoms with Crippen molar-refractivity contribution in [3.8, 4) is 11.5 Å². The summed E-state index contributed by atoms with van der Waals surface area (Å²) >= 11 is 0. The molecule has 0 aromatic heterocycles. The largest absolute Gasteiger partial charge is 0.493 e. The van der Waals surface area contributed by atoms with Crippen molar-refractivity contribution in [3.05, 3.63) is 62.7 Å². The Kier molecular flexibility index (Phi) is 6.16. The van der Waals surface area contributed by atoms with Crippen LogP contribution in [0.25, 0.3) is 0 Å². The van der Waals surface area contributed by atoms with Crippen LogP contribution in [0.4, 0.5) is 5.69 Å². The second kappa shape index (κ2) is 8.85. The van der Waals surface area contributed by atoms with Crippen molar-refractivity contribution in [1.82, 2.24) is 4.90 Å². The second-order valence-corrected chi connectivity index (χ2v) is 8.76. The number of fused-ring (bicyclic) bond motifs is 3. The standard InChI is InChI=1S/C24H30N2O5/c1-15-4-5-16(2)19(10-15)14-31-24-21(26(28)29)12-17(13-22(24)30-3)11-20-23(27)18-6-8-25(20)9-7-18/h4-5,10,12-13,18,20,23,27H,6-9,11,14H2,1-3H3. The van der Waals surface area contributed by atoms with Gasteiger partial charge in [0.25, 0.3) is 0 Å². The highest BCUT2D eigenvalue weighted by Gasteiger charge is 2.41. The number of nitrogens with zero attached hydrogens (tertiary/aromatic N) is 2. The summed E-state index contributed by atoms with van der Waals surface area (Å²) in [5.74, 6) is 0.815. The SMILES string of the molecule is COc1cc(CC2C(O)C3CCN2CC3)cc([N+](=O)[O-])c1OCc1cc(C)ccc1C. The third kappa shape index (κ3) is 4.38. The fraction of sp³-hybridized carbons (Fsp3) is 0.500. The molecular formula is C24H30N2O5. The average Bonchev–Trinajstić information content (AvgIpc) is 2.77. The summed E-state index contributed by atoms with van der Waals surface area (Å²) in [5.41, 5.74) is 3.83. The van der Waals surface area contributed by atoms with Gasteiger partial charge < -0.3 is 14.6 Å². The zero-order valence-electron chi connectivity index (χ0n) is 18.3. The lowest BCUT2D eigenvalue weighted by Gasteiger charge is -2.49. The smallest absolute Gasteiger partial charge is 0.315 e. The summed E-state index contributed by atoms with van der Waals surface area (Å²) in [5, 5.41) is 22.6. The van der Waals surface area contributed by atoms with Crippen molar-refractivity contribution in [3.63, 3.8) is 0 Å². The van der Waals surface area contributed by atoms with Crippen LogP contribution in [-0.4, -0.2) is 47.3 Å². The van der Waals surface area contributed by atoms with E-state index in [0.29, 0.717) is 18.1 Å². The van der Waals surface area contributed by atoms with Gasteiger partial charge >= 0.3 is 5.69 Å². The number of benzene rings is 2. The average molecular weight is 427 g/mol. The van der Waals surface area contributed by atoms with Crippen LogP contribution in [0.3, 0.4) is 0 Å². The number of methoxy groups -OCH3 is 1. The highest BCUT2D eigenvalue weighted by atomic mass is 16.6. The van der Waals surface area contributed by atoms with Crippen LogP contribution in [0.15, 0.2) is 30.3 Å². The predicted molar refractivity (Wildman–Crippen MR) is 118 cm³/mol. The molecule has 0 spiro atoms. The fourth-order valence-corrected chi connectivity index (χ4v) is 4.91. The van der Waals surface area contributed by atoms with Crippen LogP contribution in [0.1, 0.15) is 35.1 Å². The second-order valence-electron chi connectivity index (χ2n) is 8.76. The predicted octanol–water partition coefficient (Wildman–Crippen LogP) is 3.80. The Bertz CT molecular complexity index is 967. The zero-order chi connectivity index (χ0) is 22.1. The molecule has 0 aliphatic carbocycles. The first-order valence-electron chi connectivity index (χ1n) is 10.8. The molecule has 5 rings (SSSR count). The first kappa shape index (κ1) is 21.6. The molecule has 3 heterocycles. The third-order valence-electron chi connectivity index (χ3n) is 6.75. The van der Waals surface area contributed by atoms with E-state index in [2.05, 4.69) is 4.90 Å². The van der Waals surface area contributed by atoms with Crippen molar-refractivity contribution in [2.75, 3.05) is 20.2 Å². The van der Waals surface area contributed by atoms with Crippen LogP contribution in [0.5, 0.6) is 11.5 Å². The lowest BCUT2D eigenvalue weighted by Crippen LogP contribution is -2.58. The molecule has 3 aliphatic rings. The van der Waals surface area contributed by atoms with Crippen LogP contribution >= 0.6 is 0 Å². The minimum Gasteiger partial charge on any atom is -0.493 e. The number of aliphatic hydroxyl groups excluding tert-OH is 1. The van der Waals surface area contributed by atoms with E-state index in [0.717, 1.165) is 48.2 Å². The molecule has 2 unspecified atom stereocenters. The molecule has 2 aromatic rings. The third-order valence-corrected chi connectivity index (χ3v) is 6.75. The lowest BCUT2D eigenvalue weighted by atomic mass is 9.78. The van der Waals surface area contributed by atoms with Crippen LogP contribution in [-0.2, 0) is 13.0 Å². The summed E-state index contributed by atoms with van der Waals surface area (Å²) in [4.78, 5) is 13.7. The Morgan fingerprint density at radius 1 is 1.19 bits per heavy atom. The maximum absolute atomic E-state index is 11.9. The molecule has 31 heavy (non-hydrogen) atoms. The molecule has 0 radical (unpaired) electrons. The molecule has 3 aliphatic heterocycles. The topological polar surface area (TPSA) is 85.1 Å². The molecule has 2 atom stereocenters. The number of aliphatic hydroxyl groups is 1. The minimum atomic E-state index is -0.422. The quantitative estimate of drug-likeness (QED) is 0.536. The van der Waals surface area contributed by atoms with Gasteiger partial charge in [-0.1, -0.05) is 23.8 Å². The van der Waals surface area contributed by atoms with Crippen molar-refractivity contribution < 1.29 is 19.5 Å². The number of rotatable bonds is 7. The molecule has 1 N–H and O–H groups in total. The number of ether oxygens (including phenoxy) is 2. The number of nitro groups is 1. The van der Waals surface area contributed by atoms with Crippen LogP contribution < -0.4 is 9.47 Å². The van der Waals surface area contributed by atoms with Gasteiger partial charge in [0.2, 0.25) is 5.75 Å². The van der Waals surface area contributed by atoms with Gasteiger partial charge in [-0.25, -0.2) is 0 Å². The van der Waals surface area contributed by atoms with Crippen molar-refractivity contribution in [1.29, 1.82) is 0 Å². The van der Waals surface area contributed by atoms with Gasteiger partial charge in [-0.05, 0) is 74.9 Å².